The van der Waals surface area contributed by atoms with Gasteiger partial charge in [0.15, 0.2) is 5.60 Å². The summed E-state index contributed by atoms with van der Waals surface area (Å²) < 4.78 is 16.4. The quantitative estimate of drug-likeness (QED) is 0.630. The highest BCUT2D eigenvalue weighted by molar-refractivity contribution is 5.95. The summed E-state index contributed by atoms with van der Waals surface area (Å²) in [7, 11) is 0. The summed E-state index contributed by atoms with van der Waals surface area (Å²) in [6, 6.07) is -0.483. The number of hydroxylamine groups is 2. The van der Waals surface area contributed by atoms with E-state index in [2.05, 4.69) is 6.92 Å². The number of nitrogens with zero attached hydrogens (tertiary/aromatic N) is 1. The van der Waals surface area contributed by atoms with Crippen molar-refractivity contribution in [3.05, 3.63) is 11.1 Å². The largest absolute Gasteiger partial charge is 0.458 e. The van der Waals surface area contributed by atoms with Crippen LogP contribution in [0.5, 0.6) is 0 Å². The SMILES string of the molecule is CC(C)(C)OC(=O)N1O[C@]23COC[C@]2(C)C[C@H]1C1=C3COC1=O. The lowest BCUT2D eigenvalue weighted by Gasteiger charge is -2.56. The van der Waals surface area contributed by atoms with Crippen molar-refractivity contribution in [2.45, 2.75) is 51.4 Å². The van der Waals surface area contributed by atoms with Crippen molar-refractivity contribution in [3.8, 4) is 0 Å². The van der Waals surface area contributed by atoms with Crippen molar-refractivity contribution in [2.24, 2.45) is 5.41 Å². The van der Waals surface area contributed by atoms with Gasteiger partial charge in [-0.25, -0.2) is 9.59 Å². The van der Waals surface area contributed by atoms with Crippen molar-refractivity contribution in [1.82, 2.24) is 5.06 Å². The molecule has 0 aromatic rings. The Morgan fingerprint density at radius 1 is 1.35 bits per heavy atom. The third-order valence-corrected chi connectivity index (χ3v) is 5.17. The van der Waals surface area contributed by atoms with Crippen LogP contribution in [-0.2, 0) is 23.8 Å². The summed E-state index contributed by atoms with van der Waals surface area (Å²) >= 11 is 0. The van der Waals surface area contributed by atoms with Crippen LogP contribution >= 0.6 is 0 Å². The van der Waals surface area contributed by atoms with E-state index in [-0.39, 0.29) is 18.0 Å². The highest BCUT2D eigenvalue weighted by Gasteiger charge is 2.70. The van der Waals surface area contributed by atoms with Gasteiger partial charge in [0.25, 0.3) is 0 Å². The van der Waals surface area contributed by atoms with Crippen LogP contribution in [0, 0.1) is 5.41 Å². The molecule has 1 aliphatic carbocycles. The van der Waals surface area contributed by atoms with Crippen LogP contribution in [0.25, 0.3) is 0 Å². The molecule has 0 radical (unpaired) electrons. The molecule has 3 atom stereocenters. The van der Waals surface area contributed by atoms with E-state index in [1.54, 1.807) is 20.8 Å². The lowest BCUT2D eigenvalue weighted by molar-refractivity contribution is -0.295. The first-order valence-electron chi connectivity index (χ1n) is 7.87. The van der Waals surface area contributed by atoms with Crippen LogP contribution < -0.4 is 0 Å². The second-order valence-electron chi connectivity index (χ2n) is 7.97. The van der Waals surface area contributed by atoms with Gasteiger partial charge in [0.2, 0.25) is 0 Å². The van der Waals surface area contributed by atoms with Gasteiger partial charge in [0.05, 0.1) is 24.8 Å². The molecule has 0 saturated carbocycles. The Balaban J connectivity index is 1.76. The summed E-state index contributed by atoms with van der Waals surface area (Å²) in [6.07, 6.45) is 0.0160. The molecular weight excluding hydrogens is 302 g/mol. The van der Waals surface area contributed by atoms with Crippen molar-refractivity contribution < 1.29 is 28.6 Å². The average molecular weight is 323 g/mol. The second-order valence-corrected chi connectivity index (χ2v) is 7.97. The summed E-state index contributed by atoms with van der Waals surface area (Å²) in [5.74, 6) is -0.366. The van der Waals surface area contributed by atoms with E-state index in [0.717, 1.165) is 5.57 Å². The lowest BCUT2D eigenvalue weighted by atomic mass is 9.61. The zero-order valence-corrected chi connectivity index (χ0v) is 13.8. The molecule has 1 spiro atoms. The first-order chi connectivity index (χ1) is 10.7. The number of cyclic esters (lactones) is 1. The van der Waals surface area contributed by atoms with E-state index in [1.165, 1.54) is 5.06 Å². The number of rotatable bonds is 0. The zero-order chi connectivity index (χ0) is 16.6. The Hall–Kier alpha value is -1.60. The van der Waals surface area contributed by atoms with E-state index in [0.29, 0.717) is 25.2 Å². The maximum Gasteiger partial charge on any atom is 0.435 e. The maximum atomic E-state index is 12.6. The number of hydrogen-bond acceptors (Lipinski definition) is 6. The maximum absolute atomic E-state index is 12.6. The predicted octanol–water partition coefficient (Wildman–Crippen LogP) is 1.57. The van der Waals surface area contributed by atoms with Crippen molar-refractivity contribution in [3.63, 3.8) is 0 Å². The number of carbonyl (C=O) groups excluding carboxylic acids is 2. The molecule has 0 unspecified atom stereocenters. The monoisotopic (exact) mass is 323 g/mol. The number of esters is 1. The van der Waals surface area contributed by atoms with Gasteiger partial charge in [-0.15, -0.1) is 0 Å². The van der Waals surface area contributed by atoms with Gasteiger partial charge in [-0.05, 0) is 27.2 Å². The van der Waals surface area contributed by atoms with Gasteiger partial charge >= 0.3 is 12.1 Å². The highest BCUT2D eigenvalue weighted by Crippen LogP contribution is 2.59. The van der Waals surface area contributed by atoms with Crippen molar-refractivity contribution >= 4 is 12.1 Å². The third kappa shape index (κ3) is 1.83. The fourth-order valence-corrected chi connectivity index (χ4v) is 4.10. The van der Waals surface area contributed by atoms with E-state index in [4.69, 9.17) is 19.0 Å². The number of amides is 1. The molecule has 4 heterocycles. The molecule has 5 rings (SSSR count). The fourth-order valence-electron chi connectivity index (χ4n) is 4.10. The van der Waals surface area contributed by atoms with Crippen LogP contribution in [0.1, 0.15) is 34.1 Å². The number of ether oxygens (including phenoxy) is 3. The minimum atomic E-state index is -0.819. The van der Waals surface area contributed by atoms with Crippen LogP contribution in [0.2, 0.25) is 0 Å². The molecule has 5 aliphatic rings. The van der Waals surface area contributed by atoms with Gasteiger partial charge in [-0.1, -0.05) is 6.92 Å². The molecule has 2 bridgehead atoms. The Morgan fingerprint density at radius 2 is 2.09 bits per heavy atom. The van der Waals surface area contributed by atoms with E-state index >= 15 is 0 Å². The van der Waals surface area contributed by atoms with Crippen LogP contribution in [-0.4, -0.2) is 54.2 Å². The topological polar surface area (TPSA) is 74.3 Å². The first kappa shape index (κ1) is 15.0. The molecule has 4 aliphatic heterocycles. The molecule has 7 nitrogen and oxygen atoms in total. The minimum absolute atomic E-state index is 0.214. The first-order valence-corrected chi connectivity index (χ1v) is 7.87. The van der Waals surface area contributed by atoms with Gasteiger partial charge in [0, 0.05) is 11.0 Å². The van der Waals surface area contributed by atoms with Crippen molar-refractivity contribution in [2.75, 3.05) is 19.8 Å². The smallest absolute Gasteiger partial charge is 0.435 e. The molecular formula is C16H21NO6. The van der Waals surface area contributed by atoms with Gasteiger partial charge < -0.3 is 14.2 Å². The second kappa shape index (κ2) is 4.27. The Morgan fingerprint density at radius 3 is 2.78 bits per heavy atom. The summed E-state index contributed by atoms with van der Waals surface area (Å²) in [5.41, 5.74) is -0.357. The van der Waals surface area contributed by atoms with Gasteiger partial charge in [-0.2, -0.15) is 5.06 Å². The standard InChI is InChI=1S/C16H21NO6/c1-14(2,3)22-13(19)17-10-5-15(4)7-20-8-16(15,23-17)9-6-21-12(18)11(9)10/h10H,5-8H2,1-4H3/t10-,15-,16-/m0/s1. The zero-order valence-electron chi connectivity index (χ0n) is 13.8. The molecule has 7 heteroatoms. The summed E-state index contributed by atoms with van der Waals surface area (Å²) in [6.45, 7) is 8.52. The lowest BCUT2D eigenvalue weighted by Crippen LogP contribution is -2.67. The normalized spacial score (nSPS) is 38.5. The molecule has 2 fully saturated rings. The average Bonchev–Trinajstić information content (AvgIpc) is 2.97. The summed E-state index contributed by atoms with van der Waals surface area (Å²) in [5, 5.41) is 1.22. The summed E-state index contributed by atoms with van der Waals surface area (Å²) in [4.78, 5) is 30.9. The van der Waals surface area contributed by atoms with Crippen LogP contribution in [0.4, 0.5) is 4.79 Å². The number of carbonyl (C=O) groups is 2. The third-order valence-electron chi connectivity index (χ3n) is 5.17. The molecule has 126 valence electrons. The Kier molecular flexibility index (Phi) is 2.78. The fraction of sp³-hybridized carbons (Fsp3) is 0.750. The molecule has 0 aromatic carbocycles. The number of hydrogen-bond donors (Lipinski definition) is 0. The molecule has 0 N–H and O–H groups in total. The van der Waals surface area contributed by atoms with Crippen LogP contribution in [0.15, 0.2) is 11.1 Å². The highest BCUT2D eigenvalue weighted by atomic mass is 16.8. The number of fused-ring (bicyclic) bond motifs is 1. The van der Waals surface area contributed by atoms with Crippen molar-refractivity contribution in [1.29, 1.82) is 0 Å². The van der Waals surface area contributed by atoms with Gasteiger partial charge in [0.1, 0.15) is 12.2 Å². The molecule has 23 heavy (non-hydrogen) atoms. The molecule has 1 amide bonds. The van der Waals surface area contributed by atoms with Gasteiger partial charge in [-0.3, -0.25) is 4.84 Å². The van der Waals surface area contributed by atoms with E-state index in [9.17, 15) is 9.59 Å². The Bertz CT molecular complexity index is 635. The minimum Gasteiger partial charge on any atom is -0.458 e. The van der Waals surface area contributed by atoms with E-state index in [1.807, 2.05) is 0 Å². The van der Waals surface area contributed by atoms with E-state index < -0.39 is 23.3 Å². The predicted molar refractivity (Wildman–Crippen MR) is 77.2 cm³/mol. The van der Waals surface area contributed by atoms with Crippen LogP contribution in [0.3, 0.4) is 0 Å². The molecule has 0 aromatic heterocycles. The Labute approximate surface area is 134 Å². The molecule has 2 saturated heterocycles.